The van der Waals surface area contributed by atoms with Crippen molar-refractivity contribution in [2.24, 2.45) is 0 Å². The van der Waals surface area contributed by atoms with Crippen LogP contribution in [0.1, 0.15) is 34.8 Å². The quantitative estimate of drug-likeness (QED) is 0.845. The maximum Gasteiger partial charge on any atom is 0.179 e. The molecule has 0 amide bonds. The molecule has 1 saturated heterocycles. The standard InChI is InChI=1S/C16H24N2O/c1-12-5-6-13(2)15(11-12)16(19)14(3)18-9-4-7-17-8-10-18/h5-6,11,14,17H,4,7-10H2,1-3H3. The third-order valence-corrected chi connectivity index (χ3v) is 3.96. The van der Waals surface area contributed by atoms with Gasteiger partial charge in [-0.05, 0) is 45.4 Å². The fourth-order valence-electron chi connectivity index (χ4n) is 2.65. The predicted octanol–water partition coefficient (Wildman–Crippen LogP) is 2.17. The van der Waals surface area contributed by atoms with Crippen LogP contribution in [-0.2, 0) is 0 Å². The van der Waals surface area contributed by atoms with Crippen LogP contribution in [0, 0.1) is 13.8 Å². The lowest BCUT2D eigenvalue weighted by Crippen LogP contribution is -2.41. The van der Waals surface area contributed by atoms with Gasteiger partial charge in [0.25, 0.3) is 0 Å². The van der Waals surface area contributed by atoms with E-state index in [9.17, 15) is 4.79 Å². The van der Waals surface area contributed by atoms with Crippen molar-refractivity contribution < 1.29 is 4.79 Å². The number of benzene rings is 1. The van der Waals surface area contributed by atoms with E-state index in [0.29, 0.717) is 0 Å². The van der Waals surface area contributed by atoms with Crippen LogP contribution in [-0.4, -0.2) is 42.9 Å². The first-order valence-electron chi connectivity index (χ1n) is 7.16. The van der Waals surface area contributed by atoms with Crippen molar-refractivity contribution in [3.8, 4) is 0 Å². The maximum absolute atomic E-state index is 12.7. The van der Waals surface area contributed by atoms with E-state index in [1.54, 1.807) is 0 Å². The summed E-state index contributed by atoms with van der Waals surface area (Å²) in [6.45, 7) is 10.1. The van der Waals surface area contributed by atoms with Crippen LogP contribution < -0.4 is 5.32 Å². The lowest BCUT2D eigenvalue weighted by molar-refractivity contribution is 0.0846. The van der Waals surface area contributed by atoms with E-state index in [2.05, 4.69) is 16.3 Å². The molecule has 3 heteroatoms. The average molecular weight is 260 g/mol. The summed E-state index contributed by atoms with van der Waals surface area (Å²) in [5.41, 5.74) is 3.11. The molecular formula is C16H24N2O. The molecule has 1 atom stereocenters. The van der Waals surface area contributed by atoms with E-state index in [1.165, 1.54) is 0 Å². The second-order valence-electron chi connectivity index (χ2n) is 5.50. The topological polar surface area (TPSA) is 32.3 Å². The number of nitrogens with zero attached hydrogens (tertiary/aromatic N) is 1. The minimum absolute atomic E-state index is 0.0274. The normalized spacial score (nSPS) is 18.9. The highest BCUT2D eigenvalue weighted by atomic mass is 16.1. The SMILES string of the molecule is Cc1ccc(C)c(C(=O)C(C)N2CCCNCC2)c1. The largest absolute Gasteiger partial charge is 0.315 e. The summed E-state index contributed by atoms with van der Waals surface area (Å²) >= 11 is 0. The first kappa shape index (κ1) is 14.2. The molecule has 0 spiro atoms. The molecule has 0 radical (unpaired) electrons. The summed E-state index contributed by atoms with van der Waals surface area (Å²) in [7, 11) is 0. The Morgan fingerprint density at radius 1 is 1.26 bits per heavy atom. The van der Waals surface area contributed by atoms with Crippen molar-refractivity contribution in [3.05, 3.63) is 34.9 Å². The van der Waals surface area contributed by atoms with E-state index in [-0.39, 0.29) is 11.8 Å². The molecule has 0 bridgehead atoms. The second kappa shape index (κ2) is 6.31. The van der Waals surface area contributed by atoms with Gasteiger partial charge in [-0.25, -0.2) is 0 Å². The van der Waals surface area contributed by atoms with Gasteiger partial charge in [0.05, 0.1) is 6.04 Å². The smallest absolute Gasteiger partial charge is 0.179 e. The molecule has 1 aliphatic rings. The number of ketones is 1. The van der Waals surface area contributed by atoms with Crippen molar-refractivity contribution in [2.75, 3.05) is 26.2 Å². The van der Waals surface area contributed by atoms with Crippen LogP contribution in [0.2, 0.25) is 0 Å². The molecule has 1 unspecified atom stereocenters. The molecule has 104 valence electrons. The molecule has 3 nitrogen and oxygen atoms in total. The summed E-state index contributed by atoms with van der Waals surface area (Å²) in [5, 5.41) is 3.38. The van der Waals surface area contributed by atoms with E-state index in [0.717, 1.165) is 49.3 Å². The molecule has 1 aromatic rings. The van der Waals surface area contributed by atoms with Crippen LogP contribution in [0.25, 0.3) is 0 Å². The van der Waals surface area contributed by atoms with Crippen LogP contribution in [0.5, 0.6) is 0 Å². The number of Topliss-reactive ketones (excluding diaryl/α,β-unsaturated/α-hetero) is 1. The van der Waals surface area contributed by atoms with Crippen LogP contribution >= 0.6 is 0 Å². The maximum atomic E-state index is 12.7. The Morgan fingerprint density at radius 3 is 2.84 bits per heavy atom. The molecule has 1 heterocycles. The van der Waals surface area contributed by atoms with Gasteiger partial charge in [-0.2, -0.15) is 0 Å². The number of nitrogens with one attached hydrogen (secondary N) is 1. The zero-order valence-electron chi connectivity index (χ0n) is 12.2. The number of aryl methyl sites for hydroxylation is 2. The van der Waals surface area contributed by atoms with Crippen molar-refractivity contribution >= 4 is 5.78 Å². The Labute approximate surface area is 116 Å². The third kappa shape index (κ3) is 3.43. The average Bonchev–Trinajstić information content (AvgIpc) is 2.69. The van der Waals surface area contributed by atoms with Gasteiger partial charge in [-0.15, -0.1) is 0 Å². The predicted molar refractivity (Wildman–Crippen MR) is 78.8 cm³/mol. The van der Waals surface area contributed by atoms with E-state index in [1.807, 2.05) is 32.9 Å². The Balaban J connectivity index is 2.15. The summed E-state index contributed by atoms with van der Waals surface area (Å²) in [5.74, 6) is 0.253. The lowest BCUT2D eigenvalue weighted by Gasteiger charge is -2.26. The number of carbonyl (C=O) groups excluding carboxylic acids is 1. The molecule has 0 aliphatic carbocycles. The lowest BCUT2D eigenvalue weighted by atomic mass is 9.97. The summed E-state index contributed by atoms with van der Waals surface area (Å²) < 4.78 is 0. The van der Waals surface area contributed by atoms with Gasteiger partial charge in [0.1, 0.15) is 0 Å². The van der Waals surface area contributed by atoms with Gasteiger partial charge >= 0.3 is 0 Å². The van der Waals surface area contributed by atoms with Crippen molar-refractivity contribution in [1.82, 2.24) is 10.2 Å². The van der Waals surface area contributed by atoms with Gasteiger partial charge in [0.15, 0.2) is 5.78 Å². The molecule has 1 aliphatic heterocycles. The Morgan fingerprint density at radius 2 is 2.05 bits per heavy atom. The number of carbonyl (C=O) groups is 1. The van der Waals surface area contributed by atoms with Crippen LogP contribution in [0.3, 0.4) is 0 Å². The van der Waals surface area contributed by atoms with E-state index >= 15 is 0 Å². The van der Waals surface area contributed by atoms with Crippen molar-refractivity contribution in [1.29, 1.82) is 0 Å². The fraction of sp³-hybridized carbons (Fsp3) is 0.562. The van der Waals surface area contributed by atoms with Gasteiger partial charge in [0, 0.05) is 25.2 Å². The minimum Gasteiger partial charge on any atom is -0.315 e. The molecule has 1 aromatic carbocycles. The molecule has 1 fully saturated rings. The first-order valence-corrected chi connectivity index (χ1v) is 7.16. The highest BCUT2D eigenvalue weighted by Crippen LogP contribution is 2.16. The Kier molecular flexibility index (Phi) is 4.72. The molecule has 1 N–H and O–H groups in total. The highest BCUT2D eigenvalue weighted by molar-refractivity contribution is 6.01. The van der Waals surface area contributed by atoms with Gasteiger partial charge in [0.2, 0.25) is 0 Å². The van der Waals surface area contributed by atoms with E-state index in [4.69, 9.17) is 0 Å². The number of hydrogen-bond acceptors (Lipinski definition) is 3. The first-order chi connectivity index (χ1) is 9.09. The summed E-state index contributed by atoms with van der Waals surface area (Å²) in [6.07, 6.45) is 1.12. The highest BCUT2D eigenvalue weighted by Gasteiger charge is 2.24. The van der Waals surface area contributed by atoms with Crippen LogP contribution in [0.15, 0.2) is 18.2 Å². The van der Waals surface area contributed by atoms with Gasteiger partial charge in [-0.1, -0.05) is 17.7 Å². The molecule has 2 rings (SSSR count). The molecule has 0 aromatic heterocycles. The summed E-state index contributed by atoms with van der Waals surface area (Å²) in [6, 6.07) is 6.09. The summed E-state index contributed by atoms with van der Waals surface area (Å²) in [4.78, 5) is 15.0. The van der Waals surface area contributed by atoms with Gasteiger partial charge in [-0.3, -0.25) is 9.69 Å². The number of hydrogen-bond donors (Lipinski definition) is 1. The molecule has 0 saturated carbocycles. The monoisotopic (exact) mass is 260 g/mol. The second-order valence-corrected chi connectivity index (χ2v) is 5.50. The number of rotatable bonds is 3. The Hall–Kier alpha value is -1.19. The Bertz CT molecular complexity index is 448. The van der Waals surface area contributed by atoms with Crippen molar-refractivity contribution in [2.45, 2.75) is 33.2 Å². The fourth-order valence-corrected chi connectivity index (χ4v) is 2.65. The zero-order chi connectivity index (χ0) is 13.8. The molecular weight excluding hydrogens is 236 g/mol. The van der Waals surface area contributed by atoms with E-state index < -0.39 is 0 Å². The zero-order valence-corrected chi connectivity index (χ0v) is 12.2. The van der Waals surface area contributed by atoms with Crippen LogP contribution in [0.4, 0.5) is 0 Å². The third-order valence-electron chi connectivity index (χ3n) is 3.96. The minimum atomic E-state index is -0.0274. The van der Waals surface area contributed by atoms with Crippen molar-refractivity contribution in [3.63, 3.8) is 0 Å². The molecule has 19 heavy (non-hydrogen) atoms. The van der Waals surface area contributed by atoms with Gasteiger partial charge < -0.3 is 5.32 Å².